The van der Waals surface area contributed by atoms with Gasteiger partial charge < -0.3 is 4.90 Å². The second-order valence-corrected chi connectivity index (χ2v) is 8.94. The molecule has 0 aliphatic carbocycles. The highest BCUT2D eigenvalue weighted by Crippen LogP contribution is 2.22. The minimum Gasteiger partial charge on any atom is -0.354 e. The molecule has 0 spiro atoms. The van der Waals surface area contributed by atoms with Crippen molar-refractivity contribution in [2.75, 3.05) is 31.1 Å². The number of fused-ring (bicyclic) bond motifs is 1. The summed E-state index contributed by atoms with van der Waals surface area (Å²) in [7, 11) is 0. The third kappa shape index (κ3) is 4.67. The van der Waals surface area contributed by atoms with E-state index in [2.05, 4.69) is 54.5 Å². The van der Waals surface area contributed by atoms with E-state index in [4.69, 9.17) is 4.98 Å². The quantitative estimate of drug-likeness (QED) is 0.360. The van der Waals surface area contributed by atoms with Crippen LogP contribution in [0.4, 0.5) is 10.2 Å². The normalized spacial score (nSPS) is 14.8. The number of aromatic nitrogens is 3. The van der Waals surface area contributed by atoms with Crippen LogP contribution in [-0.4, -0.2) is 46.0 Å². The van der Waals surface area contributed by atoms with Crippen LogP contribution in [0.3, 0.4) is 0 Å². The van der Waals surface area contributed by atoms with Crippen LogP contribution in [0.2, 0.25) is 0 Å². The number of piperazine rings is 1. The summed E-state index contributed by atoms with van der Waals surface area (Å²) in [5, 5.41) is 1.03. The van der Waals surface area contributed by atoms with Gasteiger partial charge in [-0.25, -0.2) is 19.3 Å². The van der Waals surface area contributed by atoms with Gasteiger partial charge in [0.2, 0.25) is 0 Å². The van der Waals surface area contributed by atoms with Gasteiger partial charge >= 0.3 is 0 Å². The molecule has 1 saturated heterocycles. The maximum atomic E-state index is 13.4. The molecule has 0 unspecified atom stereocenters. The molecule has 3 heterocycles. The number of benzene rings is 2. The first-order valence-corrected chi connectivity index (χ1v) is 11.3. The van der Waals surface area contributed by atoms with Crippen LogP contribution in [0, 0.1) is 9.39 Å². The Labute approximate surface area is 194 Å². The molecule has 0 bridgehead atoms. The highest BCUT2D eigenvalue weighted by atomic mass is 127. The molecule has 1 aliphatic heterocycles. The summed E-state index contributed by atoms with van der Waals surface area (Å²) in [6.07, 6.45) is 3.71. The Morgan fingerprint density at radius 1 is 0.903 bits per heavy atom. The van der Waals surface area contributed by atoms with E-state index < -0.39 is 0 Å². The van der Waals surface area contributed by atoms with Gasteiger partial charge in [0, 0.05) is 59.6 Å². The van der Waals surface area contributed by atoms with Crippen LogP contribution in [0.15, 0.2) is 67.0 Å². The second-order valence-electron chi connectivity index (χ2n) is 7.69. The summed E-state index contributed by atoms with van der Waals surface area (Å²) in [6, 6.07) is 17.1. The van der Waals surface area contributed by atoms with E-state index in [-0.39, 0.29) is 5.82 Å². The summed E-state index contributed by atoms with van der Waals surface area (Å²) in [4.78, 5) is 18.5. The fraction of sp³-hybridized carbons (Fsp3) is 0.208. The van der Waals surface area contributed by atoms with Gasteiger partial charge in [0.1, 0.15) is 11.6 Å². The van der Waals surface area contributed by atoms with Crippen LogP contribution >= 0.6 is 22.6 Å². The Morgan fingerprint density at radius 3 is 2.55 bits per heavy atom. The van der Waals surface area contributed by atoms with Crippen LogP contribution in [0.25, 0.3) is 22.3 Å². The lowest BCUT2D eigenvalue weighted by Crippen LogP contribution is -2.46. The molecule has 7 heteroatoms. The standard InChI is InChI=1S/C24H21FIN5/c25-20-3-1-2-17(12-20)16-30-8-10-31(11-9-30)23-7-5-19(15-27-23)24-28-14-18-4-6-21(26)13-22(18)29-24/h1-7,12-15H,8-11,16H2. The Balaban J connectivity index is 1.24. The number of hydrogen-bond acceptors (Lipinski definition) is 5. The Bertz CT molecular complexity index is 1210. The molecule has 5 rings (SSSR count). The van der Waals surface area contributed by atoms with Crippen molar-refractivity contribution in [3.05, 3.63) is 81.9 Å². The van der Waals surface area contributed by atoms with Crippen molar-refractivity contribution in [1.82, 2.24) is 19.9 Å². The van der Waals surface area contributed by atoms with Crippen LogP contribution in [-0.2, 0) is 6.54 Å². The predicted molar refractivity (Wildman–Crippen MR) is 129 cm³/mol. The Hall–Kier alpha value is -2.65. The van der Waals surface area contributed by atoms with Crippen molar-refractivity contribution in [1.29, 1.82) is 0 Å². The van der Waals surface area contributed by atoms with Gasteiger partial charge in [0.05, 0.1) is 5.52 Å². The number of pyridine rings is 1. The third-order valence-electron chi connectivity index (χ3n) is 5.54. The highest BCUT2D eigenvalue weighted by Gasteiger charge is 2.18. The smallest absolute Gasteiger partial charge is 0.161 e. The average Bonchev–Trinajstić information content (AvgIpc) is 2.79. The summed E-state index contributed by atoms with van der Waals surface area (Å²) >= 11 is 2.29. The van der Waals surface area contributed by atoms with E-state index in [0.717, 1.165) is 64.1 Å². The van der Waals surface area contributed by atoms with Gasteiger partial charge in [-0.05, 0) is 64.6 Å². The van der Waals surface area contributed by atoms with E-state index in [0.29, 0.717) is 5.82 Å². The Kier molecular flexibility index (Phi) is 5.78. The molecule has 5 nitrogen and oxygen atoms in total. The molecule has 31 heavy (non-hydrogen) atoms. The van der Waals surface area contributed by atoms with Gasteiger partial charge in [0.25, 0.3) is 0 Å². The summed E-state index contributed by atoms with van der Waals surface area (Å²) in [5.41, 5.74) is 2.87. The number of anilines is 1. The number of nitrogens with zero attached hydrogens (tertiary/aromatic N) is 5. The van der Waals surface area contributed by atoms with Crippen molar-refractivity contribution >= 4 is 39.3 Å². The minimum atomic E-state index is -0.175. The van der Waals surface area contributed by atoms with Crippen molar-refractivity contribution in [3.8, 4) is 11.4 Å². The maximum Gasteiger partial charge on any atom is 0.161 e. The average molecular weight is 525 g/mol. The molecular weight excluding hydrogens is 504 g/mol. The van der Waals surface area contributed by atoms with E-state index in [1.54, 1.807) is 12.1 Å². The van der Waals surface area contributed by atoms with Gasteiger partial charge in [-0.1, -0.05) is 18.2 Å². The molecule has 4 aromatic rings. The number of rotatable bonds is 4. The first-order chi connectivity index (χ1) is 15.1. The molecule has 0 atom stereocenters. The zero-order valence-electron chi connectivity index (χ0n) is 16.9. The summed E-state index contributed by atoms with van der Waals surface area (Å²) in [6.45, 7) is 4.41. The number of hydrogen-bond donors (Lipinski definition) is 0. The molecule has 156 valence electrons. The monoisotopic (exact) mass is 525 g/mol. The van der Waals surface area contributed by atoms with Crippen LogP contribution in [0.1, 0.15) is 5.56 Å². The summed E-state index contributed by atoms with van der Waals surface area (Å²) < 4.78 is 14.6. The van der Waals surface area contributed by atoms with Gasteiger partial charge in [-0.2, -0.15) is 0 Å². The van der Waals surface area contributed by atoms with Crippen molar-refractivity contribution < 1.29 is 4.39 Å². The van der Waals surface area contributed by atoms with Gasteiger partial charge in [-0.15, -0.1) is 0 Å². The largest absolute Gasteiger partial charge is 0.354 e. The fourth-order valence-electron chi connectivity index (χ4n) is 3.87. The first-order valence-electron chi connectivity index (χ1n) is 10.2. The molecule has 0 amide bonds. The van der Waals surface area contributed by atoms with Gasteiger partial charge in [-0.3, -0.25) is 4.90 Å². The molecule has 0 N–H and O–H groups in total. The third-order valence-corrected chi connectivity index (χ3v) is 6.21. The van der Waals surface area contributed by atoms with Crippen molar-refractivity contribution in [2.45, 2.75) is 6.54 Å². The second kappa shape index (κ2) is 8.84. The SMILES string of the molecule is Fc1cccc(CN2CCN(c3ccc(-c4ncc5ccc(I)cc5n4)cn3)CC2)c1. The molecule has 2 aromatic heterocycles. The predicted octanol–water partition coefficient (Wildman–Crippen LogP) is 4.76. The highest BCUT2D eigenvalue weighted by molar-refractivity contribution is 14.1. The van der Waals surface area contributed by atoms with Crippen molar-refractivity contribution in [3.63, 3.8) is 0 Å². The Morgan fingerprint density at radius 2 is 1.77 bits per heavy atom. The maximum absolute atomic E-state index is 13.4. The van der Waals surface area contributed by atoms with Crippen LogP contribution in [0.5, 0.6) is 0 Å². The minimum absolute atomic E-state index is 0.175. The zero-order valence-corrected chi connectivity index (χ0v) is 19.0. The van der Waals surface area contributed by atoms with Gasteiger partial charge in [0.15, 0.2) is 5.82 Å². The molecule has 1 aliphatic rings. The van der Waals surface area contributed by atoms with Crippen molar-refractivity contribution in [2.24, 2.45) is 0 Å². The van der Waals surface area contributed by atoms with Crippen LogP contribution < -0.4 is 4.90 Å². The lowest BCUT2D eigenvalue weighted by atomic mass is 10.2. The lowest BCUT2D eigenvalue weighted by Gasteiger charge is -2.35. The first kappa shape index (κ1) is 20.3. The van der Waals surface area contributed by atoms with E-state index in [1.165, 1.54) is 6.07 Å². The van der Waals surface area contributed by atoms with E-state index in [1.807, 2.05) is 36.7 Å². The van der Waals surface area contributed by atoms with E-state index >= 15 is 0 Å². The molecule has 1 fully saturated rings. The number of halogens is 2. The molecule has 2 aromatic carbocycles. The molecule has 0 saturated carbocycles. The molecular formula is C24H21FIN5. The topological polar surface area (TPSA) is 45.2 Å². The lowest BCUT2D eigenvalue weighted by molar-refractivity contribution is 0.249. The van der Waals surface area contributed by atoms with E-state index in [9.17, 15) is 4.39 Å². The molecule has 0 radical (unpaired) electrons. The summed E-state index contributed by atoms with van der Waals surface area (Å²) in [5.74, 6) is 1.48. The fourth-order valence-corrected chi connectivity index (χ4v) is 4.34. The zero-order chi connectivity index (χ0) is 21.2.